The monoisotopic (exact) mass is 344 g/mol. The number of hydrogen-bond donors (Lipinski definition) is 1. The van der Waals surface area contributed by atoms with Crippen LogP contribution < -0.4 is 5.32 Å². The number of carbonyl (C=O) groups is 2. The van der Waals surface area contributed by atoms with Crippen LogP contribution in [-0.4, -0.2) is 30.1 Å². The van der Waals surface area contributed by atoms with Crippen LogP contribution in [0.25, 0.3) is 0 Å². The van der Waals surface area contributed by atoms with Crippen molar-refractivity contribution >= 4 is 11.9 Å². The van der Waals surface area contributed by atoms with E-state index in [1.54, 1.807) is 33.9 Å². The third-order valence-corrected chi connectivity index (χ3v) is 4.07. The fraction of sp³-hybridized carbons (Fsp3) is 0.421. The van der Waals surface area contributed by atoms with Gasteiger partial charge in [0.1, 0.15) is 0 Å². The number of ether oxygens (including phenoxy) is 2. The second-order valence-corrected chi connectivity index (χ2v) is 5.78. The number of nitrogens with one attached hydrogen (secondary N) is 1. The predicted molar refractivity (Wildman–Crippen MR) is 93.5 cm³/mol. The summed E-state index contributed by atoms with van der Waals surface area (Å²) in [6.07, 6.45) is 1.65. The first-order valence-corrected chi connectivity index (χ1v) is 8.36. The Morgan fingerprint density at radius 2 is 1.56 bits per heavy atom. The Balaban J connectivity index is 2.66. The molecule has 134 valence electrons. The standard InChI is InChI=1S/C19H24N2O4/c1-6-24-18(22)14-12(4)21-13(5)15(19(23)25-7-2)16(14)17-11(3)9-8-10-20-17/h8-10,16,21H,6-7H2,1-5H3. The van der Waals surface area contributed by atoms with Crippen LogP contribution in [0.15, 0.2) is 40.9 Å². The minimum absolute atomic E-state index is 0.251. The van der Waals surface area contributed by atoms with E-state index in [4.69, 9.17) is 9.47 Å². The van der Waals surface area contributed by atoms with E-state index in [0.717, 1.165) is 5.56 Å². The highest BCUT2D eigenvalue weighted by Crippen LogP contribution is 2.39. The third kappa shape index (κ3) is 3.73. The fourth-order valence-corrected chi connectivity index (χ4v) is 3.03. The number of dihydropyridines is 1. The summed E-state index contributed by atoms with van der Waals surface area (Å²) in [4.78, 5) is 29.7. The number of pyridine rings is 1. The van der Waals surface area contributed by atoms with Crippen LogP contribution in [0, 0.1) is 6.92 Å². The zero-order valence-electron chi connectivity index (χ0n) is 15.3. The normalized spacial score (nSPS) is 15.1. The maximum absolute atomic E-state index is 12.6. The minimum Gasteiger partial charge on any atom is -0.463 e. The maximum Gasteiger partial charge on any atom is 0.336 e. The van der Waals surface area contributed by atoms with Gasteiger partial charge in [-0.25, -0.2) is 9.59 Å². The first kappa shape index (κ1) is 18.7. The van der Waals surface area contributed by atoms with E-state index in [9.17, 15) is 9.59 Å². The van der Waals surface area contributed by atoms with Crippen LogP contribution in [0.5, 0.6) is 0 Å². The molecule has 6 heteroatoms. The number of allylic oxidation sites excluding steroid dienone is 2. The van der Waals surface area contributed by atoms with E-state index < -0.39 is 17.9 Å². The number of hydrogen-bond acceptors (Lipinski definition) is 6. The number of esters is 2. The molecule has 6 nitrogen and oxygen atoms in total. The SMILES string of the molecule is CCOC(=O)C1=C(C)NC(C)=C(C(=O)OCC)C1c1ncccc1C. The van der Waals surface area contributed by atoms with E-state index >= 15 is 0 Å². The van der Waals surface area contributed by atoms with E-state index in [1.807, 2.05) is 19.1 Å². The zero-order chi connectivity index (χ0) is 18.6. The molecule has 0 atom stereocenters. The highest BCUT2D eigenvalue weighted by Gasteiger charge is 2.39. The third-order valence-electron chi connectivity index (χ3n) is 4.07. The summed E-state index contributed by atoms with van der Waals surface area (Å²) in [7, 11) is 0. The van der Waals surface area contributed by atoms with Crippen LogP contribution in [0.4, 0.5) is 0 Å². The first-order valence-electron chi connectivity index (χ1n) is 8.36. The lowest BCUT2D eigenvalue weighted by atomic mass is 9.81. The highest BCUT2D eigenvalue weighted by molar-refractivity contribution is 5.99. The summed E-state index contributed by atoms with van der Waals surface area (Å²) in [5, 5.41) is 3.11. The quantitative estimate of drug-likeness (QED) is 0.828. The Kier molecular flexibility index (Phi) is 5.96. The van der Waals surface area contributed by atoms with E-state index in [0.29, 0.717) is 28.2 Å². The summed E-state index contributed by atoms with van der Waals surface area (Å²) < 4.78 is 10.5. The van der Waals surface area contributed by atoms with Crippen LogP contribution in [0.2, 0.25) is 0 Å². The molecule has 1 aliphatic rings. The van der Waals surface area contributed by atoms with Crippen LogP contribution in [0.3, 0.4) is 0 Å². The van der Waals surface area contributed by atoms with Crippen molar-refractivity contribution in [1.29, 1.82) is 0 Å². The van der Waals surface area contributed by atoms with Gasteiger partial charge in [-0.15, -0.1) is 0 Å². The minimum atomic E-state index is -0.624. The van der Waals surface area contributed by atoms with Gasteiger partial charge in [0.15, 0.2) is 0 Å². The Hall–Kier alpha value is -2.63. The lowest BCUT2D eigenvalue weighted by molar-refractivity contribution is -0.139. The molecule has 0 unspecified atom stereocenters. The van der Waals surface area contributed by atoms with Crippen molar-refractivity contribution in [1.82, 2.24) is 10.3 Å². The lowest BCUT2D eigenvalue weighted by Gasteiger charge is -2.30. The highest BCUT2D eigenvalue weighted by atomic mass is 16.5. The van der Waals surface area contributed by atoms with Gasteiger partial charge < -0.3 is 14.8 Å². The molecular weight excluding hydrogens is 320 g/mol. The topological polar surface area (TPSA) is 77.5 Å². The van der Waals surface area contributed by atoms with E-state index in [1.165, 1.54) is 0 Å². The largest absolute Gasteiger partial charge is 0.463 e. The Bertz CT molecular complexity index is 710. The summed E-state index contributed by atoms with van der Waals surface area (Å²) in [5.74, 6) is -1.55. The number of carbonyl (C=O) groups excluding carboxylic acids is 2. The number of aryl methyl sites for hydroxylation is 1. The van der Waals surface area contributed by atoms with Crippen LogP contribution in [-0.2, 0) is 19.1 Å². The average molecular weight is 344 g/mol. The molecule has 1 N–H and O–H groups in total. The molecule has 0 amide bonds. The zero-order valence-corrected chi connectivity index (χ0v) is 15.3. The molecule has 1 aromatic heterocycles. The molecule has 2 heterocycles. The number of rotatable bonds is 5. The van der Waals surface area contributed by atoms with Crippen LogP contribution in [0.1, 0.15) is 44.9 Å². The molecule has 1 aliphatic heterocycles. The van der Waals surface area contributed by atoms with E-state index in [-0.39, 0.29) is 13.2 Å². The number of nitrogens with zero attached hydrogens (tertiary/aromatic N) is 1. The summed E-state index contributed by atoms with van der Waals surface area (Å²) >= 11 is 0. The lowest BCUT2D eigenvalue weighted by Crippen LogP contribution is -2.33. The van der Waals surface area contributed by atoms with Gasteiger partial charge in [-0.1, -0.05) is 6.07 Å². The van der Waals surface area contributed by atoms with E-state index in [2.05, 4.69) is 10.3 Å². The Morgan fingerprint density at radius 1 is 1.04 bits per heavy atom. The Morgan fingerprint density at radius 3 is 2.00 bits per heavy atom. The van der Waals surface area contributed by atoms with Gasteiger partial charge in [0.2, 0.25) is 0 Å². The molecule has 0 bridgehead atoms. The van der Waals surface area contributed by atoms with Crippen molar-refractivity contribution in [3.63, 3.8) is 0 Å². The van der Waals surface area contributed by atoms with Crippen molar-refractivity contribution in [3.05, 3.63) is 52.1 Å². The molecule has 25 heavy (non-hydrogen) atoms. The molecule has 0 saturated heterocycles. The smallest absolute Gasteiger partial charge is 0.336 e. The molecule has 0 spiro atoms. The van der Waals surface area contributed by atoms with Gasteiger partial charge in [0, 0.05) is 17.6 Å². The average Bonchev–Trinajstić information content (AvgIpc) is 2.54. The molecule has 0 fully saturated rings. The fourth-order valence-electron chi connectivity index (χ4n) is 3.03. The predicted octanol–water partition coefficient (Wildman–Crippen LogP) is 2.75. The molecule has 1 aromatic rings. The van der Waals surface area contributed by atoms with Gasteiger partial charge in [0.05, 0.1) is 36.0 Å². The van der Waals surface area contributed by atoms with Gasteiger partial charge in [-0.2, -0.15) is 0 Å². The van der Waals surface area contributed by atoms with Crippen molar-refractivity contribution in [3.8, 4) is 0 Å². The van der Waals surface area contributed by atoms with Crippen LogP contribution >= 0.6 is 0 Å². The van der Waals surface area contributed by atoms with Crippen molar-refractivity contribution in [2.75, 3.05) is 13.2 Å². The molecule has 0 aliphatic carbocycles. The van der Waals surface area contributed by atoms with Gasteiger partial charge in [-0.05, 0) is 46.2 Å². The first-order chi connectivity index (χ1) is 11.9. The number of aromatic nitrogens is 1. The van der Waals surface area contributed by atoms with Crippen molar-refractivity contribution < 1.29 is 19.1 Å². The molecule has 0 aromatic carbocycles. The molecule has 0 saturated carbocycles. The van der Waals surface area contributed by atoms with Gasteiger partial charge in [-0.3, -0.25) is 4.98 Å². The second-order valence-electron chi connectivity index (χ2n) is 5.78. The maximum atomic E-state index is 12.6. The Labute approximate surface area is 147 Å². The van der Waals surface area contributed by atoms with Gasteiger partial charge in [0.25, 0.3) is 0 Å². The van der Waals surface area contributed by atoms with Crippen molar-refractivity contribution in [2.24, 2.45) is 0 Å². The summed E-state index contributed by atoms with van der Waals surface area (Å²) in [5.41, 5.74) is 3.61. The second kappa shape index (κ2) is 7.96. The summed E-state index contributed by atoms with van der Waals surface area (Å²) in [6.45, 7) is 9.49. The van der Waals surface area contributed by atoms with Crippen molar-refractivity contribution in [2.45, 2.75) is 40.5 Å². The molecule has 2 rings (SSSR count). The van der Waals surface area contributed by atoms with Gasteiger partial charge >= 0.3 is 11.9 Å². The molecule has 0 radical (unpaired) electrons. The summed E-state index contributed by atoms with van der Waals surface area (Å²) in [6, 6.07) is 3.72. The molecular formula is C19H24N2O4.